The van der Waals surface area contributed by atoms with Crippen LogP contribution < -0.4 is 104 Å². The standard InChI is InChI=1S/C70H122N20O21S/c1-32(2)27-44(62(102)82-43(70(110)111)17-14-15-24-71)84-63(103)46(30-51(76)95)85-60(100)41(20-22-49(74)93)79-52(96)31-77-59(99)40(19-21-48(73)92)81-67(107)54(35(7)8)87-68(108)56(38(12)91)89-57(97)37(11)78-66(106)53(34(5)6)86-61(101)42(23-26-112-13)80-65(105)47-18-16-25-90(47)69(109)55(36(9)10)88-64(104)45(28-33(3)4)83-58(98)39(72)29-50(75)94/h32-47,53-56,91H,14-31,71-72H2,1-13H3,(H2,73,92)(H2,74,93)(H2,75,94)(H2,76,95)(H,77,99)(H,78,106)(H,79,96)(H,80,105)(H,81,107)(H,82,102)(H,83,98)(H,84,103)(H,85,100)(H,86,101)(H,87,108)(H,88,104)(H,89,97)(H,110,111)/t37-,38+,39-,40-,41-,42-,43-,44-,45-,46-,47-,53-,54-,55-,56-/m0/s1. The van der Waals surface area contributed by atoms with Crippen molar-refractivity contribution in [2.45, 2.75) is 264 Å². The Hall–Kier alpha value is -9.84. The van der Waals surface area contributed by atoms with E-state index < -0.39 is 266 Å². The van der Waals surface area contributed by atoms with Crippen LogP contribution in [0.15, 0.2) is 0 Å². The zero-order valence-electron chi connectivity index (χ0n) is 66.2. The van der Waals surface area contributed by atoms with Gasteiger partial charge in [0.1, 0.15) is 78.5 Å². The molecule has 0 spiro atoms. The highest BCUT2D eigenvalue weighted by molar-refractivity contribution is 7.98. The minimum absolute atomic E-state index is 0.00785. The second-order valence-electron chi connectivity index (χ2n) is 29.7. The van der Waals surface area contributed by atoms with Crippen LogP contribution in [0.25, 0.3) is 0 Å². The largest absolute Gasteiger partial charge is 0.480 e. The van der Waals surface area contributed by atoms with Crippen molar-refractivity contribution in [3.8, 4) is 0 Å². The Morgan fingerprint density at radius 2 is 0.857 bits per heavy atom. The first-order valence-corrected chi connectivity index (χ1v) is 38.8. The van der Waals surface area contributed by atoms with Crippen molar-refractivity contribution in [3.05, 3.63) is 0 Å². The highest BCUT2D eigenvalue weighted by atomic mass is 32.2. The van der Waals surface area contributed by atoms with Gasteiger partial charge in [0.05, 0.1) is 31.5 Å². The first-order valence-electron chi connectivity index (χ1n) is 37.4. The van der Waals surface area contributed by atoms with Crippen LogP contribution in [0.3, 0.4) is 0 Å². The summed E-state index contributed by atoms with van der Waals surface area (Å²) in [6.07, 6.45) is -1.89. The molecule has 112 heavy (non-hydrogen) atoms. The zero-order valence-corrected chi connectivity index (χ0v) is 67.1. The Morgan fingerprint density at radius 3 is 1.34 bits per heavy atom. The normalized spacial score (nSPS) is 16.4. The van der Waals surface area contributed by atoms with Crippen molar-refractivity contribution < 1.29 is 101 Å². The Balaban J connectivity index is 3.34. The third-order valence-electron chi connectivity index (χ3n) is 17.7. The average molecular weight is 1610 g/mol. The molecule has 1 heterocycles. The number of amides is 18. The number of primary amides is 4. The van der Waals surface area contributed by atoms with Gasteiger partial charge in [-0.05, 0) is 126 Å². The third kappa shape index (κ3) is 36.5. The van der Waals surface area contributed by atoms with Crippen LogP contribution in [-0.2, 0) is 91.1 Å². The molecule has 1 saturated heterocycles. The molecule has 15 atom stereocenters. The summed E-state index contributed by atoms with van der Waals surface area (Å²) in [6.45, 7) is 18.2. The molecule has 0 aromatic rings. The second-order valence-corrected chi connectivity index (χ2v) is 30.6. The molecule has 634 valence electrons. The number of thioether (sulfide) groups is 1. The van der Waals surface area contributed by atoms with E-state index in [1.165, 1.54) is 37.4 Å². The van der Waals surface area contributed by atoms with Crippen molar-refractivity contribution in [1.29, 1.82) is 0 Å². The number of carbonyl (C=O) groups is 19. The molecule has 0 aromatic heterocycles. The molecule has 42 heteroatoms. The average Bonchev–Trinajstić information content (AvgIpc) is 1.66. The third-order valence-corrected chi connectivity index (χ3v) is 18.4. The van der Waals surface area contributed by atoms with Crippen LogP contribution >= 0.6 is 11.8 Å². The van der Waals surface area contributed by atoms with Gasteiger partial charge in [-0.25, -0.2) is 4.79 Å². The van der Waals surface area contributed by atoms with E-state index in [4.69, 9.17) is 34.4 Å². The fourth-order valence-corrected chi connectivity index (χ4v) is 12.0. The van der Waals surface area contributed by atoms with Crippen molar-refractivity contribution >= 4 is 124 Å². The van der Waals surface area contributed by atoms with Crippen LogP contribution in [0.2, 0.25) is 0 Å². The van der Waals surface area contributed by atoms with Crippen LogP contribution in [0.4, 0.5) is 0 Å². The Labute approximate surface area is 656 Å². The summed E-state index contributed by atoms with van der Waals surface area (Å²) in [5, 5.41) is 52.5. The van der Waals surface area contributed by atoms with Gasteiger partial charge in [0.25, 0.3) is 0 Å². The molecule has 1 aliphatic rings. The number of nitrogens with one attached hydrogen (secondary N) is 13. The van der Waals surface area contributed by atoms with E-state index >= 15 is 0 Å². The van der Waals surface area contributed by atoms with Gasteiger partial charge in [0, 0.05) is 19.4 Å². The number of aliphatic carboxylic acids is 1. The molecule has 1 aliphatic heterocycles. The summed E-state index contributed by atoms with van der Waals surface area (Å²) in [6, 6.07) is -20.3. The molecular weight excluding hydrogens is 1490 g/mol. The Morgan fingerprint density at radius 1 is 0.438 bits per heavy atom. The summed E-state index contributed by atoms with van der Waals surface area (Å²) >= 11 is 1.35. The van der Waals surface area contributed by atoms with Crippen molar-refractivity contribution in [1.82, 2.24) is 74.0 Å². The maximum Gasteiger partial charge on any atom is 0.326 e. The van der Waals surface area contributed by atoms with Gasteiger partial charge in [-0.15, -0.1) is 0 Å². The predicted octanol–water partition coefficient (Wildman–Crippen LogP) is -7.05. The topological polar surface area (TPSA) is 681 Å². The first-order chi connectivity index (χ1) is 52.2. The monoisotopic (exact) mass is 1610 g/mol. The van der Waals surface area contributed by atoms with Gasteiger partial charge in [0.15, 0.2) is 0 Å². The number of nitrogens with zero attached hydrogens (tertiary/aromatic N) is 1. The number of unbranched alkanes of at least 4 members (excludes halogenated alkanes) is 1. The molecule has 1 fully saturated rings. The molecule has 0 saturated carbocycles. The van der Waals surface area contributed by atoms with Gasteiger partial charge in [-0.1, -0.05) is 69.2 Å². The van der Waals surface area contributed by atoms with E-state index in [1.807, 2.05) is 0 Å². The molecular formula is C70H122N20O21S. The number of rotatable bonds is 53. The number of carboxylic acids is 1. The lowest BCUT2D eigenvalue weighted by Gasteiger charge is -2.32. The lowest BCUT2D eigenvalue weighted by Crippen LogP contribution is -2.62. The molecule has 1 rings (SSSR count). The summed E-state index contributed by atoms with van der Waals surface area (Å²) in [5.74, 6) is -20.6. The fraction of sp³-hybridized carbons (Fsp3) is 0.729. The number of aliphatic hydroxyl groups is 1. The van der Waals surface area contributed by atoms with Crippen LogP contribution in [-0.4, -0.2) is 250 Å². The SMILES string of the molecule is CSCC[C@H](NC(=O)[C@@H]1CCCN1C(=O)[C@@H](NC(=O)[C@H](CC(C)C)NC(=O)[C@@H](N)CC(N)=O)C(C)C)C(=O)N[C@H](C(=O)N[C@@H](C)C(=O)N[C@H](C(=O)N[C@H](C(=O)N[C@@H](CCC(N)=O)C(=O)NCC(=O)N[C@@H](CCC(N)=O)C(=O)N[C@@H](CC(N)=O)C(=O)N[C@@H](CC(C)C)C(=O)N[C@@H](CCCCN)C(=O)O)C(C)C)[C@@H](C)O)C(C)C. The number of nitrogens with two attached hydrogens (primary N) is 6. The second kappa shape index (κ2) is 50.2. The maximum atomic E-state index is 14.4. The summed E-state index contributed by atoms with van der Waals surface area (Å²) < 4.78 is 0. The first kappa shape index (κ1) is 100. The lowest BCUT2D eigenvalue weighted by atomic mass is 9.99. The van der Waals surface area contributed by atoms with Gasteiger partial charge >= 0.3 is 5.97 Å². The quantitative estimate of drug-likeness (QED) is 0.0252. The smallest absolute Gasteiger partial charge is 0.326 e. The van der Waals surface area contributed by atoms with E-state index in [0.29, 0.717) is 25.0 Å². The van der Waals surface area contributed by atoms with E-state index in [1.54, 1.807) is 61.6 Å². The van der Waals surface area contributed by atoms with E-state index in [0.717, 1.165) is 6.92 Å². The fourth-order valence-electron chi connectivity index (χ4n) is 11.5. The summed E-state index contributed by atoms with van der Waals surface area (Å²) in [4.78, 5) is 255. The molecule has 27 N–H and O–H groups in total. The molecule has 0 aromatic carbocycles. The summed E-state index contributed by atoms with van der Waals surface area (Å²) in [7, 11) is 0. The van der Waals surface area contributed by atoms with Crippen LogP contribution in [0.5, 0.6) is 0 Å². The molecule has 0 bridgehead atoms. The zero-order chi connectivity index (χ0) is 85.7. The molecule has 0 unspecified atom stereocenters. The van der Waals surface area contributed by atoms with Gasteiger partial charge in [-0.3, -0.25) is 86.3 Å². The Bertz CT molecular complexity index is 3290. The van der Waals surface area contributed by atoms with Crippen molar-refractivity contribution in [2.24, 2.45) is 64.0 Å². The number of aliphatic hydroxyl groups excluding tert-OH is 1. The van der Waals surface area contributed by atoms with E-state index in [9.17, 15) is 101 Å². The highest BCUT2D eigenvalue weighted by Gasteiger charge is 2.43. The van der Waals surface area contributed by atoms with E-state index in [-0.39, 0.29) is 57.0 Å². The van der Waals surface area contributed by atoms with Crippen LogP contribution in [0.1, 0.15) is 173 Å². The van der Waals surface area contributed by atoms with Crippen LogP contribution in [0, 0.1) is 29.6 Å². The summed E-state index contributed by atoms with van der Waals surface area (Å²) in [5.41, 5.74) is 32.7. The minimum atomic E-state index is -1.84. The number of likely N-dealkylation sites (tertiary alicyclic amines) is 1. The maximum absolute atomic E-state index is 14.4. The number of carbonyl (C=O) groups excluding carboxylic acids is 18. The van der Waals surface area contributed by atoms with Gasteiger partial charge < -0.3 is 119 Å². The number of carboxylic acid groups (broad SMARTS) is 1. The number of hydrogen-bond acceptors (Lipinski definition) is 23. The minimum Gasteiger partial charge on any atom is -0.480 e. The van der Waals surface area contributed by atoms with Gasteiger partial charge in [-0.2, -0.15) is 11.8 Å². The highest BCUT2D eigenvalue weighted by Crippen LogP contribution is 2.22. The number of hydrogen-bond donors (Lipinski definition) is 21. The van der Waals surface area contributed by atoms with Crippen molar-refractivity contribution in [3.63, 3.8) is 0 Å². The predicted molar refractivity (Wildman–Crippen MR) is 408 cm³/mol. The van der Waals surface area contributed by atoms with Crippen molar-refractivity contribution in [2.75, 3.05) is 31.6 Å². The molecule has 18 amide bonds. The molecule has 41 nitrogen and oxygen atoms in total. The van der Waals surface area contributed by atoms with Gasteiger partial charge in [0.2, 0.25) is 106 Å². The molecule has 0 aliphatic carbocycles. The lowest BCUT2D eigenvalue weighted by molar-refractivity contribution is -0.143. The molecule has 0 radical (unpaired) electrons. The Kier molecular flexibility index (Phi) is 44.9. The van der Waals surface area contributed by atoms with E-state index in [2.05, 4.69) is 69.1 Å².